The lowest BCUT2D eigenvalue weighted by Gasteiger charge is -2.16. The number of hydrogen-bond acceptors (Lipinski definition) is 4. The Morgan fingerprint density at radius 2 is 1.83 bits per heavy atom. The van der Waals surface area contributed by atoms with Gasteiger partial charge in [-0.3, -0.25) is 4.99 Å². The summed E-state index contributed by atoms with van der Waals surface area (Å²) in [5, 5.41) is 6.56. The Labute approximate surface area is 195 Å². The Morgan fingerprint density at radius 3 is 2.45 bits per heavy atom. The van der Waals surface area contributed by atoms with Crippen LogP contribution < -0.4 is 10.6 Å². The van der Waals surface area contributed by atoms with Crippen molar-refractivity contribution in [2.75, 3.05) is 32.7 Å². The van der Waals surface area contributed by atoms with Crippen molar-refractivity contribution in [2.24, 2.45) is 4.99 Å². The molecule has 0 fully saturated rings. The van der Waals surface area contributed by atoms with Crippen LogP contribution in [0, 0.1) is 0 Å². The molecule has 0 saturated heterocycles. The van der Waals surface area contributed by atoms with Crippen LogP contribution in [0.1, 0.15) is 25.6 Å². The van der Waals surface area contributed by atoms with Crippen LogP contribution in [0.2, 0.25) is 0 Å². The Hall–Kier alpha value is -1.11. The first-order valence-electron chi connectivity index (χ1n) is 9.73. The van der Waals surface area contributed by atoms with Gasteiger partial charge in [0.2, 0.25) is 0 Å². The minimum absolute atomic E-state index is 0. The van der Waals surface area contributed by atoms with E-state index in [4.69, 9.17) is 0 Å². The van der Waals surface area contributed by atoms with Gasteiger partial charge in [0.05, 0.1) is 0 Å². The van der Waals surface area contributed by atoms with Crippen molar-refractivity contribution in [3.8, 4) is 0 Å². The van der Waals surface area contributed by atoms with Crippen LogP contribution in [0.3, 0.4) is 0 Å². The highest BCUT2D eigenvalue weighted by Crippen LogP contribution is 2.25. The molecular formula is C19H32IN5O2S2. The largest absolute Gasteiger partial charge is 0.357 e. The van der Waals surface area contributed by atoms with Gasteiger partial charge in [-0.05, 0) is 31.2 Å². The van der Waals surface area contributed by atoms with Crippen molar-refractivity contribution in [3.63, 3.8) is 0 Å². The van der Waals surface area contributed by atoms with Gasteiger partial charge in [-0.1, -0.05) is 13.8 Å². The number of thiophene rings is 1. The number of nitrogens with one attached hydrogen (secondary N) is 2. The molecule has 0 atom stereocenters. The third-order valence-corrected chi connectivity index (χ3v) is 7.90. The van der Waals surface area contributed by atoms with Crippen molar-refractivity contribution in [3.05, 3.63) is 41.5 Å². The predicted molar refractivity (Wildman–Crippen MR) is 132 cm³/mol. The first-order chi connectivity index (χ1) is 13.5. The highest BCUT2D eigenvalue weighted by atomic mass is 127. The van der Waals surface area contributed by atoms with E-state index in [1.54, 1.807) is 6.07 Å². The van der Waals surface area contributed by atoms with Crippen LogP contribution >= 0.6 is 35.3 Å². The highest BCUT2D eigenvalue weighted by Gasteiger charge is 2.23. The normalized spacial score (nSPS) is 12.1. The molecule has 7 nitrogen and oxygen atoms in total. The predicted octanol–water partition coefficient (Wildman–Crippen LogP) is 3.00. The molecule has 0 aliphatic heterocycles. The second-order valence-electron chi connectivity index (χ2n) is 6.17. The summed E-state index contributed by atoms with van der Waals surface area (Å²) in [5.41, 5.74) is 0. The second-order valence-corrected chi connectivity index (χ2v) is 9.50. The number of hydrogen-bond donors (Lipinski definition) is 2. The van der Waals surface area contributed by atoms with Crippen molar-refractivity contribution in [1.82, 2.24) is 19.5 Å². The lowest BCUT2D eigenvalue weighted by Crippen LogP contribution is -2.39. The summed E-state index contributed by atoms with van der Waals surface area (Å²) in [4.78, 5) is 5.62. The van der Waals surface area contributed by atoms with Crippen LogP contribution in [0.4, 0.5) is 0 Å². The van der Waals surface area contributed by atoms with Gasteiger partial charge in [0.1, 0.15) is 4.21 Å². The average Bonchev–Trinajstić information content (AvgIpc) is 3.35. The smallest absolute Gasteiger partial charge is 0.252 e. The molecule has 0 unspecified atom stereocenters. The molecule has 0 aliphatic carbocycles. The summed E-state index contributed by atoms with van der Waals surface area (Å²) in [6.07, 6.45) is 4.78. The van der Waals surface area contributed by atoms with Crippen molar-refractivity contribution >= 4 is 51.3 Å². The zero-order valence-electron chi connectivity index (χ0n) is 17.3. The lowest BCUT2D eigenvalue weighted by atomic mass is 10.3. The molecule has 0 spiro atoms. The Bertz CT molecular complexity index is 831. The second kappa shape index (κ2) is 13.2. The first-order valence-corrected chi connectivity index (χ1v) is 12.0. The zero-order valence-corrected chi connectivity index (χ0v) is 21.3. The van der Waals surface area contributed by atoms with Gasteiger partial charge in [-0.25, -0.2) is 8.42 Å². The van der Waals surface area contributed by atoms with Crippen molar-refractivity contribution in [2.45, 2.75) is 37.9 Å². The van der Waals surface area contributed by atoms with Crippen LogP contribution in [0.15, 0.2) is 45.9 Å². The number of aliphatic imine (C=N–C) groups is 1. The summed E-state index contributed by atoms with van der Waals surface area (Å²) in [6.45, 7) is 9.76. The summed E-state index contributed by atoms with van der Waals surface area (Å²) in [7, 11) is -3.37. The summed E-state index contributed by atoms with van der Waals surface area (Å²) in [6, 6.07) is 7.62. The van der Waals surface area contributed by atoms with Gasteiger partial charge in [0.25, 0.3) is 10.0 Å². The van der Waals surface area contributed by atoms with E-state index in [1.165, 1.54) is 15.6 Å². The van der Waals surface area contributed by atoms with Crippen molar-refractivity contribution < 1.29 is 8.42 Å². The standard InChI is InChI=1S/C19H31N5O2S2.HI/c1-4-20-19(22-13-16-23-14-7-8-15-23)21-12-11-17-9-10-18(27-17)28(25,26)24(5-2)6-3;/h7-10,14-15H,4-6,11-13,16H2,1-3H3,(H2,20,21,22);1H. The van der Waals surface area contributed by atoms with E-state index in [9.17, 15) is 8.42 Å². The topological polar surface area (TPSA) is 78.7 Å². The molecule has 10 heteroatoms. The minimum Gasteiger partial charge on any atom is -0.357 e. The fraction of sp³-hybridized carbons (Fsp3) is 0.526. The van der Waals surface area contributed by atoms with Gasteiger partial charge < -0.3 is 15.2 Å². The first kappa shape index (κ1) is 25.9. The maximum Gasteiger partial charge on any atom is 0.252 e. The third kappa shape index (κ3) is 7.91. The summed E-state index contributed by atoms with van der Waals surface area (Å²) < 4.78 is 29.2. The fourth-order valence-corrected chi connectivity index (χ4v) is 5.72. The molecular weight excluding hydrogens is 521 g/mol. The molecule has 0 radical (unpaired) electrons. The molecule has 2 rings (SSSR count). The van der Waals surface area contributed by atoms with Crippen LogP contribution in [-0.4, -0.2) is 56.0 Å². The number of nitrogens with zero attached hydrogens (tertiary/aromatic N) is 3. The fourth-order valence-electron chi connectivity index (χ4n) is 2.76. The van der Waals surface area contributed by atoms with E-state index in [-0.39, 0.29) is 24.0 Å². The van der Waals surface area contributed by atoms with Gasteiger partial charge in [0, 0.05) is 63.0 Å². The number of guanidine groups is 1. The number of sulfonamides is 1. The number of aromatic nitrogens is 1. The van der Waals surface area contributed by atoms with Gasteiger partial charge in [0.15, 0.2) is 5.96 Å². The molecule has 164 valence electrons. The Morgan fingerprint density at radius 1 is 1.14 bits per heavy atom. The third-order valence-electron chi connectivity index (χ3n) is 4.24. The molecule has 2 aromatic heterocycles. The molecule has 2 heterocycles. The van der Waals surface area contributed by atoms with E-state index >= 15 is 0 Å². The Balaban J connectivity index is 0.00000420. The minimum atomic E-state index is -3.37. The quantitative estimate of drug-likeness (QED) is 0.255. The van der Waals surface area contributed by atoms with Crippen LogP contribution in [0.5, 0.6) is 0 Å². The summed E-state index contributed by atoms with van der Waals surface area (Å²) in [5.74, 6) is 0.780. The molecule has 29 heavy (non-hydrogen) atoms. The van der Waals surface area contributed by atoms with Gasteiger partial charge >= 0.3 is 0 Å². The van der Waals surface area contributed by atoms with E-state index in [1.807, 2.05) is 51.4 Å². The van der Waals surface area contributed by atoms with Crippen LogP contribution in [-0.2, 0) is 23.0 Å². The van der Waals surface area contributed by atoms with E-state index < -0.39 is 10.0 Å². The average molecular weight is 554 g/mol. The lowest BCUT2D eigenvalue weighted by molar-refractivity contribution is 0.447. The van der Waals surface area contributed by atoms with Gasteiger partial charge in [-0.15, -0.1) is 35.3 Å². The molecule has 2 aromatic rings. The highest BCUT2D eigenvalue weighted by molar-refractivity contribution is 14.0. The molecule has 0 saturated carbocycles. The SMILES string of the molecule is CCNC(=NCCc1ccc(S(=O)(=O)N(CC)CC)s1)NCCn1cccc1.I. The maximum atomic E-state index is 12.6. The molecule has 0 aromatic carbocycles. The molecule has 0 aliphatic rings. The summed E-state index contributed by atoms with van der Waals surface area (Å²) >= 11 is 1.34. The maximum absolute atomic E-state index is 12.6. The van der Waals surface area contributed by atoms with E-state index in [2.05, 4.69) is 20.2 Å². The Kier molecular flexibility index (Phi) is 11.8. The molecule has 0 amide bonds. The monoisotopic (exact) mass is 553 g/mol. The number of halogens is 1. The van der Waals surface area contributed by atoms with Crippen molar-refractivity contribution in [1.29, 1.82) is 0 Å². The number of rotatable bonds is 11. The molecule has 0 bridgehead atoms. The zero-order chi connectivity index (χ0) is 20.4. The van der Waals surface area contributed by atoms with E-state index in [0.717, 1.165) is 30.5 Å². The van der Waals surface area contributed by atoms with E-state index in [0.29, 0.717) is 30.3 Å². The van der Waals surface area contributed by atoms with Gasteiger partial charge in [-0.2, -0.15) is 4.31 Å². The molecule has 2 N–H and O–H groups in total. The van der Waals surface area contributed by atoms with Crippen LogP contribution in [0.25, 0.3) is 0 Å².